The van der Waals surface area contributed by atoms with Gasteiger partial charge in [0.1, 0.15) is 23.0 Å². The molecule has 9 aromatic carbocycles. The molecule has 0 spiro atoms. The number of hydrogen-bond acceptors (Lipinski definition) is 4. The molecule has 4 aliphatic rings. The minimum absolute atomic E-state index is 0.0128. The molecule has 0 saturated heterocycles. The van der Waals surface area contributed by atoms with E-state index in [-0.39, 0.29) is 18.5 Å². The van der Waals surface area contributed by atoms with E-state index in [1.54, 1.807) is 0 Å². The summed E-state index contributed by atoms with van der Waals surface area (Å²) in [5, 5.41) is 4.72. The Balaban J connectivity index is 1.03. The highest BCUT2D eigenvalue weighted by Gasteiger charge is 2.48. The molecule has 0 bridgehead atoms. The van der Waals surface area contributed by atoms with Crippen LogP contribution in [0.2, 0.25) is 0 Å². The van der Waals surface area contributed by atoms with Crippen molar-refractivity contribution in [2.45, 2.75) is 0 Å². The summed E-state index contributed by atoms with van der Waals surface area (Å²) < 4.78 is 14.3. The maximum Gasteiger partial charge on any atom is 0.257 e. The van der Waals surface area contributed by atoms with Gasteiger partial charge in [-0.1, -0.05) is 164 Å². The Hall–Kier alpha value is -8.28. The molecule has 4 nitrogen and oxygen atoms in total. The van der Waals surface area contributed by atoms with Gasteiger partial charge in [0.05, 0.1) is 5.69 Å². The van der Waals surface area contributed by atoms with Gasteiger partial charge in [0.15, 0.2) is 0 Å². The lowest BCUT2D eigenvalue weighted by Gasteiger charge is -2.44. The highest BCUT2D eigenvalue weighted by Crippen LogP contribution is 2.50. The van der Waals surface area contributed by atoms with Crippen LogP contribution >= 0.6 is 0 Å². The zero-order valence-electron chi connectivity index (χ0n) is 35.5. The van der Waals surface area contributed by atoms with Gasteiger partial charge < -0.3 is 19.3 Å². The molecule has 0 radical (unpaired) electrons. The summed E-state index contributed by atoms with van der Waals surface area (Å²) in [6.45, 7) is -0.119. The number of nitrogens with zero attached hydrogens (tertiary/aromatic N) is 2. The van der Waals surface area contributed by atoms with E-state index in [9.17, 15) is 0 Å². The highest BCUT2D eigenvalue weighted by atomic mass is 16.5. The Morgan fingerprint density at radius 3 is 1.78 bits per heavy atom. The zero-order chi connectivity index (χ0) is 42.8. The van der Waals surface area contributed by atoms with Crippen molar-refractivity contribution in [3.05, 3.63) is 254 Å². The fourth-order valence-corrected chi connectivity index (χ4v) is 10.7. The molecule has 0 aromatic heterocycles. The van der Waals surface area contributed by atoms with Crippen molar-refractivity contribution in [1.29, 1.82) is 0 Å². The normalized spacial score (nSPS) is 16.4. The minimum Gasteiger partial charge on any atom is -0.459 e. The van der Waals surface area contributed by atoms with Crippen molar-refractivity contribution in [3.63, 3.8) is 0 Å². The van der Waals surface area contributed by atoms with Gasteiger partial charge >= 0.3 is 0 Å². The number of ether oxygens (including phenoxy) is 2. The van der Waals surface area contributed by atoms with E-state index in [0.717, 1.165) is 73.2 Å². The molecule has 2 aliphatic carbocycles. The Kier molecular flexibility index (Phi) is 8.73. The van der Waals surface area contributed by atoms with E-state index >= 15 is 0 Å². The number of para-hydroxylation sites is 2. The Bertz CT molecular complexity index is 3470. The molecule has 0 fully saturated rings. The van der Waals surface area contributed by atoms with Crippen molar-refractivity contribution in [3.8, 4) is 28.4 Å². The second-order valence-corrected chi connectivity index (χ2v) is 17.2. The van der Waals surface area contributed by atoms with Crippen LogP contribution < -0.4 is 30.2 Å². The summed E-state index contributed by atoms with van der Waals surface area (Å²) in [6.07, 6.45) is 11.5. The van der Waals surface area contributed by atoms with Crippen molar-refractivity contribution < 1.29 is 9.47 Å². The van der Waals surface area contributed by atoms with Crippen LogP contribution in [0.1, 0.15) is 0 Å². The lowest BCUT2D eigenvalue weighted by Crippen LogP contribution is -2.54. The number of fused-ring (bicyclic) bond motifs is 8. The third-order valence-corrected chi connectivity index (χ3v) is 13.5. The number of benzene rings is 9. The molecule has 2 heterocycles. The summed E-state index contributed by atoms with van der Waals surface area (Å²) in [4.78, 5) is 4.81. The SMILES string of the molecule is C1=CC2C(N(c3ccccc3)c3ccc4ccccc4c3)=CC3=C(B4c5c(cccc5Oc5cc(N(c6ccccc6)c6cccc(-c7ccccc7)c6)c6ccccc6c54)O3)C2C=C1. The summed E-state index contributed by atoms with van der Waals surface area (Å²) in [5.74, 6) is 3.45. The second-order valence-electron chi connectivity index (χ2n) is 17.2. The van der Waals surface area contributed by atoms with Crippen molar-refractivity contribution in [2.75, 3.05) is 9.80 Å². The van der Waals surface area contributed by atoms with Gasteiger partial charge in [-0.3, -0.25) is 0 Å². The summed E-state index contributed by atoms with van der Waals surface area (Å²) >= 11 is 0. The maximum atomic E-state index is 7.14. The van der Waals surface area contributed by atoms with Gasteiger partial charge in [0, 0.05) is 63.3 Å². The minimum atomic E-state index is -0.119. The molecule has 9 aromatic rings. The highest BCUT2D eigenvalue weighted by molar-refractivity contribution is 6.95. The molecule has 2 aliphatic heterocycles. The predicted molar refractivity (Wildman–Crippen MR) is 269 cm³/mol. The van der Waals surface area contributed by atoms with Crippen LogP contribution in [0.15, 0.2) is 254 Å². The first-order valence-electron chi connectivity index (χ1n) is 22.4. The largest absolute Gasteiger partial charge is 0.459 e. The van der Waals surface area contributed by atoms with Crippen LogP contribution in [0.3, 0.4) is 0 Å². The van der Waals surface area contributed by atoms with Crippen LogP contribution in [-0.2, 0) is 0 Å². The zero-order valence-corrected chi connectivity index (χ0v) is 35.5. The summed E-state index contributed by atoms with van der Waals surface area (Å²) in [6, 6.07) is 73.6. The maximum absolute atomic E-state index is 7.14. The summed E-state index contributed by atoms with van der Waals surface area (Å²) in [7, 11) is 0. The van der Waals surface area contributed by atoms with Gasteiger partial charge in [0.25, 0.3) is 6.71 Å². The fraction of sp³-hybridized carbons (Fsp3) is 0.0333. The molecular formula is C60H41BN2O2. The molecule has 5 heteroatoms. The van der Waals surface area contributed by atoms with Crippen molar-refractivity contribution in [2.24, 2.45) is 11.8 Å². The lowest BCUT2D eigenvalue weighted by atomic mass is 9.31. The van der Waals surface area contributed by atoms with Gasteiger partial charge in [-0.05, 0) is 98.9 Å². The molecule has 0 N–H and O–H groups in total. The number of hydrogen-bond donors (Lipinski definition) is 0. The molecular weight excluding hydrogens is 791 g/mol. The van der Waals surface area contributed by atoms with E-state index in [4.69, 9.17) is 9.47 Å². The molecule has 0 saturated carbocycles. The molecule has 2 atom stereocenters. The topological polar surface area (TPSA) is 24.9 Å². The van der Waals surface area contributed by atoms with Crippen molar-refractivity contribution in [1.82, 2.24) is 0 Å². The Labute approximate surface area is 379 Å². The Morgan fingerprint density at radius 1 is 0.400 bits per heavy atom. The van der Waals surface area contributed by atoms with E-state index in [0.29, 0.717) is 0 Å². The van der Waals surface area contributed by atoms with Gasteiger partial charge in [-0.2, -0.15) is 0 Å². The first-order chi connectivity index (χ1) is 32.2. The molecule has 306 valence electrons. The van der Waals surface area contributed by atoms with Gasteiger partial charge in [-0.15, -0.1) is 0 Å². The standard InChI is InChI=1S/C60H41BN2O2/c1-4-18-40(19-5-1)43-22-16-27-46(36-43)62(44-23-6-2-7-24-44)52-38-56-58(50-30-14-12-28-48(50)52)61-59-51-31-15-13-29-49(51)53(39-57(59)65-55-33-17-32-54(64-56)60(55)61)63(45-25-8-3-9-26-45)47-35-34-41-20-10-11-21-42(41)37-47/h1-39,49,51H. The van der Waals surface area contributed by atoms with Gasteiger partial charge in [-0.25, -0.2) is 0 Å². The van der Waals surface area contributed by atoms with E-state index < -0.39 is 0 Å². The molecule has 2 unspecified atom stereocenters. The third-order valence-electron chi connectivity index (χ3n) is 13.5. The monoisotopic (exact) mass is 832 g/mol. The molecule has 13 rings (SSSR count). The summed E-state index contributed by atoms with van der Waals surface area (Å²) in [5.41, 5.74) is 12.4. The van der Waals surface area contributed by atoms with Crippen LogP contribution in [-0.4, -0.2) is 6.71 Å². The first-order valence-corrected chi connectivity index (χ1v) is 22.4. The van der Waals surface area contributed by atoms with Crippen LogP contribution in [0.4, 0.5) is 28.4 Å². The average molecular weight is 833 g/mol. The fourth-order valence-electron chi connectivity index (χ4n) is 10.7. The third kappa shape index (κ3) is 6.15. The lowest BCUT2D eigenvalue weighted by molar-refractivity contribution is 0.411. The van der Waals surface area contributed by atoms with Crippen molar-refractivity contribution >= 4 is 67.6 Å². The van der Waals surface area contributed by atoms with E-state index in [2.05, 4.69) is 246 Å². The predicted octanol–water partition coefficient (Wildman–Crippen LogP) is 14.1. The first kappa shape index (κ1) is 37.3. The number of rotatable bonds is 7. The second kappa shape index (κ2) is 15.2. The number of anilines is 5. The smallest absolute Gasteiger partial charge is 0.257 e. The van der Waals surface area contributed by atoms with E-state index in [1.165, 1.54) is 33.0 Å². The van der Waals surface area contributed by atoms with Crippen LogP contribution in [0.5, 0.6) is 17.2 Å². The number of allylic oxidation sites excluding steroid dienone is 6. The van der Waals surface area contributed by atoms with Gasteiger partial charge in [0.2, 0.25) is 0 Å². The van der Waals surface area contributed by atoms with Crippen LogP contribution in [0.25, 0.3) is 32.7 Å². The molecule has 65 heavy (non-hydrogen) atoms. The average Bonchev–Trinajstić information content (AvgIpc) is 3.37. The van der Waals surface area contributed by atoms with Crippen LogP contribution in [0, 0.1) is 11.8 Å². The van der Waals surface area contributed by atoms with E-state index in [1.807, 2.05) is 0 Å². The quantitative estimate of drug-likeness (QED) is 0.149. The molecule has 0 amide bonds. The Morgan fingerprint density at radius 2 is 1.00 bits per heavy atom.